The number of nitrogens with two attached hydrogens (primary N) is 1. The maximum Gasteiger partial charge on any atom is 0.159 e. The van der Waals surface area contributed by atoms with Gasteiger partial charge in [0, 0.05) is 23.3 Å². The number of piperidine rings is 1. The molecule has 0 aromatic rings. The number of carbonyl (C=O) groups excluding carboxylic acids is 1. The third kappa shape index (κ3) is 6.15. The molecule has 10 heteroatoms. The number of hydrogen-bond donors (Lipinski definition) is 8. The summed E-state index contributed by atoms with van der Waals surface area (Å²) in [5.74, 6) is 0.318. The Morgan fingerprint density at radius 2 is 1.87 bits per heavy atom. The van der Waals surface area contributed by atoms with Crippen LogP contribution in [0.4, 0.5) is 0 Å². The average molecular weight is 768 g/mol. The minimum Gasteiger partial charge on any atom is -0.390 e. The predicted molar refractivity (Wildman–Crippen MR) is 211 cm³/mol. The van der Waals surface area contributed by atoms with E-state index in [1.807, 2.05) is 7.05 Å². The van der Waals surface area contributed by atoms with E-state index in [0.29, 0.717) is 50.5 Å². The summed E-state index contributed by atoms with van der Waals surface area (Å²) < 4.78 is 6.77. The molecule has 310 valence electrons. The van der Waals surface area contributed by atoms with Crippen LogP contribution in [0.3, 0.4) is 0 Å². The summed E-state index contributed by atoms with van der Waals surface area (Å²) in [6.45, 7) is 9.68. The first-order valence-corrected chi connectivity index (χ1v) is 22.3. The van der Waals surface area contributed by atoms with Crippen molar-refractivity contribution in [2.24, 2.45) is 69.3 Å². The Morgan fingerprint density at radius 3 is 2.58 bits per heavy atom. The van der Waals surface area contributed by atoms with E-state index in [9.17, 15) is 30.3 Å². The lowest BCUT2D eigenvalue weighted by molar-refractivity contribution is -0.213. The van der Waals surface area contributed by atoms with Crippen molar-refractivity contribution in [2.75, 3.05) is 20.1 Å². The van der Waals surface area contributed by atoms with Gasteiger partial charge in [-0.1, -0.05) is 52.2 Å². The Bertz CT molecular complexity index is 1510. The zero-order valence-electron chi connectivity index (χ0n) is 34.3. The van der Waals surface area contributed by atoms with E-state index in [4.69, 9.17) is 10.5 Å². The molecule has 0 amide bonds. The van der Waals surface area contributed by atoms with Gasteiger partial charge in [-0.15, -0.1) is 0 Å². The van der Waals surface area contributed by atoms with Crippen LogP contribution in [0.1, 0.15) is 118 Å². The fourth-order valence-electron chi connectivity index (χ4n) is 15.4. The summed E-state index contributed by atoms with van der Waals surface area (Å²) in [5.41, 5.74) is 1.87. The third-order valence-corrected chi connectivity index (χ3v) is 18.0. The molecule has 19 unspecified atom stereocenters. The highest BCUT2D eigenvalue weighted by molar-refractivity contribution is 5.95. The van der Waals surface area contributed by atoms with E-state index in [1.54, 1.807) is 13.0 Å². The Balaban J connectivity index is 1.18. The summed E-state index contributed by atoms with van der Waals surface area (Å²) in [4.78, 5) is 14.6. The largest absolute Gasteiger partial charge is 0.390 e. The minimum absolute atomic E-state index is 0.0365. The SMILES string of the molecule is CCCC1CCC2OC(C(O)C(C)(O)C3CCC4(O)C5=CC(=O)C6CC(O)C(O)CC67CC(C6CCC(N)NC6)C=CC(CNC)(CC34C)C57)C(C)C2CC1. The Kier molecular flexibility index (Phi) is 10.7. The van der Waals surface area contributed by atoms with Crippen molar-refractivity contribution >= 4 is 5.78 Å². The molecule has 10 nitrogen and oxygen atoms in total. The van der Waals surface area contributed by atoms with Crippen molar-refractivity contribution < 1.29 is 35.1 Å². The highest BCUT2D eigenvalue weighted by atomic mass is 16.5. The van der Waals surface area contributed by atoms with Gasteiger partial charge in [-0.3, -0.25) is 4.79 Å². The van der Waals surface area contributed by atoms with Crippen LogP contribution in [0.5, 0.6) is 0 Å². The first-order valence-electron chi connectivity index (χ1n) is 22.3. The number of fused-ring (bicyclic) bond motifs is 3. The maximum absolute atomic E-state index is 14.6. The number of hydrogen-bond acceptors (Lipinski definition) is 10. The van der Waals surface area contributed by atoms with Gasteiger partial charge in [-0.2, -0.15) is 0 Å². The van der Waals surface area contributed by atoms with Gasteiger partial charge in [0.1, 0.15) is 6.10 Å². The van der Waals surface area contributed by atoms with E-state index < -0.39 is 63.7 Å². The van der Waals surface area contributed by atoms with Crippen molar-refractivity contribution in [1.82, 2.24) is 10.6 Å². The molecule has 8 aliphatic rings. The summed E-state index contributed by atoms with van der Waals surface area (Å²) in [6.07, 6.45) is 14.2. The van der Waals surface area contributed by atoms with Crippen molar-refractivity contribution in [1.29, 1.82) is 0 Å². The molecule has 8 rings (SSSR count). The third-order valence-electron chi connectivity index (χ3n) is 18.0. The molecule has 0 aromatic heterocycles. The maximum atomic E-state index is 14.6. The second kappa shape index (κ2) is 14.5. The Hall–Kier alpha value is -1.21. The van der Waals surface area contributed by atoms with Gasteiger partial charge in [-0.25, -0.2) is 0 Å². The van der Waals surface area contributed by atoms with Crippen LogP contribution in [0.15, 0.2) is 23.8 Å². The van der Waals surface area contributed by atoms with Crippen LogP contribution < -0.4 is 16.4 Å². The number of aliphatic hydroxyl groups excluding tert-OH is 3. The zero-order valence-corrected chi connectivity index (χ0v) is 34.3. The highest BCUT2D eigenvalue weighted by Gasteiger charge is 2.75. The molecule has 2 aliphatic heterocycles. The van der Waals surface area contributed by atoms with Crippen LogP contribution in [0.25, 0.3) is 0 Å². The van der Waals surface area contributed by atoms with Crippen molar-refractivity contribution in [3.8, 4) is 0 Å². The average Bonchev–Trinajstić information content (AvgIpc) is 3.44. The molecule has 6 aliphatic carbocycles. The van der Waals surface area contributed by atoms with Gasteiger partial charge in [0.2, 0.25) is 0 Å². The lowest BCUT2D eigenvalue weighted by Gasteiger charge is -2.67. The Morgan fingerprint density at radius 1 is 1.11 bits per heavy atom. The first kappa shape index (κ1) is 40.6. The van der Waals surface area contributed by atoms with Crippen molar-refractivity contribution in [3.05, 3.63) is 23.8 Å². The number of aliphatic hydroxyl groups is 5. The lowest BCUT2D eigenvalue weighted by atomic mass is 9.38. The number of allylic oxidation sites excluding steroid dienone is 2. The number of nitrogens with one attached hydrogen (secondary N) is 2. The molecule has 4 saturated carbocycles. The van der Waals surface area contributed by atoms with Gasteiger partial charge >= 0.3 is 0 Å². The van der Waals surface area contributed by atoms with E-state index in [0.717, 1.165) is 50.1 Å². The van der Waals surface area contributed by atoms with Crippen molar-refractivity contribution in [2.45, 2.75) is 165 Å². The molecule has 1 spiro atoms. The molecular weight excluding hydrogens is 695 g/mol. The van der Waals surface area contributed by atoms with Gasteiger partial charge in [0.25, 0.3) is 0 Å². The molecule has 0 bridgehead atoms. The number of carbonyl (C=O) groups is 1. The van der Waals surface area contributed by atoms with Crippen LogP contribution in [-0.2, 0) is 9.53 Å². The normalized spacial score (nSPS) is 52.5. The topological polar surface area (TPSA) is 178 Å². The van der Waals surface area contributed by atoms with Crippen LogP contribution >= 0.6 is 0 Å². The minimum atomic E-state index is -1.58. The molecule has 9 N–H and O–H groups in total. The molecule has 0 aromatic carbocycles. The molecular formula is C45H73N3O7. The van der Waals surface area contributed by atoms with E-state index >= 15 is 0 Å². The second-order valence-electron chi connectivity index (χ2n) is 20.8. The van der Waals surface area contributed by atoms with E-state index in [2.05, 4.69) is 43.6 Å². The first-order chi connectivity index (χ1) is 26.0. The molecule has 2 saturated heterocycles. The molecule has 19 atom stereocenters. The summed E-state index contributed by atoms with van der Waals surface area (Å²) in [6, 6.07) is 0. The standard InChI is InChI=1S/C45H73N3O7/c1-6-7-26-8-11-29-25(2)38(55-35(29)12-9-26)40(52)42(4,53)36-15-17-45(54)31-19-32(49)30-18-33(50)34(51)21-44(30)20-27(28-10-13-37(46)48-22-28)14-16-43(24-47-5,39(31)44)23-41(36,45)3/h14,16,19,25-30,33-40,47-48,50-54H,6-13,15,17-18,20-24,46H2,1-5H3. The molecule has 2 heterocycles. The second-order valence-corrected chi connectivity index (χ2v) is 20.8. The van der Waals surface area contributed by atoms with Crippen LogP contribution in [0.2, 0.25) is 0 Å². The van der Waals surface area contributed by atoms with Gasteiger partial charge in [0.15, 0.2) is 5.78 Å². The predicted octanol–water partition coefficient (Wildman–Crippen LogP) is 3.97. The lowest BCUT2D eigenvalue weighted by Crippen LogP contribution is -2.69. The summed E-state index contributed by atoms with van der Waals surface area (Å²) in [7, 11) is 1.96. The number of rotatable bonds is 8. The van der Waals surface area contributed by atoms with Gasteiger partial charge in [0.05, 0.1) is 41.8 Å². The highest BCUT2D eigenvalue weighted by Crippen LogP contribution is 2.75. The number of ether oxygens (including phenoxy) is 1. The molecule has 6 fully saturated rings. The van der Waals surface area contributed by atoms with Crippen molar-refractivity contribution in [3.63, 3.8) is 0 Å². The van der Waals surface area contributed by atoms with Gasteiger partial charge in [-0.05, 0) is 150 Å². The summed E-state index contributed by atoms with van der Waals surface area (Å²) >= 11 is 0. The summed E-state index contributed by atoms with van der Waals surface area (Å²) in [5, 5.41) is 68.3. The van der Waals surface area contributed by atoms with E-state index in [1.165, 1.54) is 19.3 Å². The Labute approximate surface area is 329 Å². The quantitative estimate of drug-likeness (QED) is 0.169. The fraction of sp³-hybridized carbons (Fsp3) is 0.889. The fourth-order valence-corrected chi connectivity index (χ4v) is 15.4. The van der Waals surface area contributed by atoms with E-state index in [-0.39, 0.29) is 42.2 Å². The zero-order chi connectivity index (χ0) is 39.3. The van der Waals surface area contributed by atoms with Gasteiger partial charge < -0.3 is 46.6 Å². The smallest absolute Gasteiger partial charge is 0.159 e. The number of ketones is 1. The molecule has 0 radical (unpaired) electrons. The molecule has 55 heavy (non-hydrogen) atoms. The van der Waals surface area contributed by atoms with Crippen LogP contribution in [0, 0.1) is 63.6 Å². The van der Waals surface area contributed by atoms with Crippen LogP contribution in [-0.4, -0.2) is 99.3 Å². The monoisotopic (exact) mass is 768 g/mol.